The molecule has 0 aliphatic heterocycles. The molecule has 38 heavy (non-hydrogen) atoms. The summed E-state index contributed by atoms with van der Waals surface area (Å²) >= 11 is 0. The van der Waals surface area contributed by atoms with Gasteiger partial charge < -0.3 is 9.47 Å². The molecular weight excluding hydrogens is 472 g/mol. The van der Waals surface area contributed by atoms with Gasteiger partial charge in [-0.2, -0.15) is 0 Å². The van der Waals surface area contributed by atoms with Gasteiger partial charge in [-0.3, -0.25) is 0 Å². The molecule has 0 aromatic heterocycles. The molecule has 0 spiro atoms. The summed E-state index contributed by atoms with van der Waals surface area (Å²) in [6.07, 6.45) is 0.627. The van der Waals surface area contributed by atoms with Gasteiger partial charge >= 0.3 is 11.9 Å². The molecule has 4 aromatic rings. The first-order valence-electron chi connectivity index (χ1n) is 13.5. The van der Waals surface area contributed by atoms with Crippen molar-refractivity contribution in [1.82, 2.24) is 0 Å². The van der Waals surface area contributed by atoms with Crippen LogP contribution < -0.4 is 0 Å². The van der Waals surface area contributed by atoms with E-state index in [2.05, 4.69) is 50.2 Å². The van der Waals surface area contributed by atoms with Crippen molar-refractivity contribution < 1.29 is 19.1 Å². The number of carbonyl (C=O) groups excluding carboxylic acids is 2. The Morgan fingerprint density at radius 1 is 0.605 bits per heavy atom. The summed E-state index contributed by atoms with van der Waals surface area (Å²) in [7, 11) is 0. The lowest BCUT2D eigenvalue weighted by atomic mass is 9.43. The van der Waals surface area contributed by atoms with Crippen LogP contribution in [0.2, 0.25) is 0 Å². The van der Waals surface area contributed by atoms with E-state index in [0.29, 0.717) is 11.1 Å². The summed E-state index contributed by atoms with van der Waals surface area (Å²) < 4.78 is 12.8. The van der Waals surface area contributed by atoms with Gasteiger partial charge in [0.2, 0.25) is 0 Å². The van der Waals surface area contributed by atoms with Crippen molar-refractivity contribution >= 4 is 22.7 Å². The van der Waals surface area contributed by atoms with Crippen molar-refractivity contribution in [2.24, 2.45) is 10.8 Å². The normalized spacial score (nSPS) is 30.6. The molecule has 4 aromatic carbocycles. The van der Waals surface area contributed by atoms with Crippen molar-refractivity contribution in [2.45, 2.75) is 50.7 Å². The molecule has 190 valence electrons. The summed E-state index contributed by atoms with van der Waals surface area (Å²) in [6.45, 7) is 4.47. The number of benzene rings is 4. The number of fused-ring (bicyclic) bond motifs is 2. The molecule has 0 N–H and O–H groups in total. The number of ether oxygens (including phenoxy) is 2. The summed E-state index contributed by atoms with van der Waals surface area (Å²) in [5.74, 6) is -0.414. The van der Waals surface area contributed by atoms with Gasteiger partial charge in [-0.15, -0.1) is 0 Å². The fourth-order valence-electron chi connectivity index (χ4n) is 7.84. The first-order valence-corrected chi connectivity index (χ1v) is 13.5. The first kappa shape index (κ1) is 23.2. The smallest absolute Gasteiger partial charge is 0.338 e. The lowest BCUT2D eigenvalue weighted by Gasteiger charge is -2.64. The third kappa shape index (κ3) is 3.16. The van der Waals surface area contributed by atoms with E-state index in [1.807, 2.05) is 36.4 Å². The molecule has 6 atom stereocenters. The van der Waals surface area contributed by atoms with Crippen molar-refractivity contribution in [3.8, 4) is 0 Å². The molecule has 4 nitrogen and oxygen atoms in total. The minimum atomic E-state index is -0.576. The van der Waals surface area contributed by atoms with E-state index in [-0.39, 0.29) is 23.8 Å². The highest BCUT2D eigenvalue weighted by Crippen LogP contribution is 2.73. The highest BCUT2D eigenvalue weighted by atomic mass is 16.6. The molecule has 3 fully saturated rings. The van der Waals surface area contributed by atoms with E-state index in [1.165, 1.54) is 21.9 Å². The molecule has 4 heteroatoms. The van der Waals surface area contributed by atoms with E-state index in [1.54, 1.807) is 24.3 Å². The highest BCUT2D eigenvalue weighted by Gasteiger charge is 2.70. The van der Waals surface area contributed by atoms with Crippen LogP contribution in [0.5, 0.6) is 0 Å². The molecule has 6 unspecified atom stereocenters. The molecule has 0 radical (unpaired) electrons. The molecule has 0 amide bonds. The number of hydrogen-bond donors (Lipinski definition) is 0. The predicted octanol–water partition coefficient (Wildman–Crippen LogP) is 7.29. The standard InChI is InChI=1S/C34H30O4/c1-33-19-20-34(2,28-25-18-10-16-21-15-9-17-24(26(21)25)27(28)33)30(38-32(36)23-13-7-4-8-14-23)29(33)37-31(35)22-11-5-3-6-12-22/h3-18,27-30H,19-20H2,1-2H3. The van der Waals surface area contributed by atoms with E-state index < -0.39 is 23.0 Å². The summed E-state index contributed by atoms with van der Waals surface area (Å²) in [6, 6.07) is 31.3. The monoisotopic (exact) mass is 502 g/mol. The second-order valence-corrected chi connectivity index (χ2v) is 11.6. The van der Waals surface area contributed by atoms with E-state index >= 15 is 0 Å². The Kier molecular flexibility index (Phi) is 5.07. The van der Waals surface area contributed by atoms with Gasteiger partial charge in [0, 0.05) is 22.7 Å². The van der Waals surface area contributed by atoms with E-state index in [0.717, 1.165) is 12.8 Å². The largest absolute Gasteiger partial charge is 0.454 e. The van der Waals surface area contributed by atoms with Gasteiger partial charge in [0.15, 0.2) is 0 Å². The van der Waals surface area contributed by atoms with Crippen LogP contribution in [-0.4, -0.2) is 24.1 Å². The second-order valence-electron chi connectivity index (χ2n) is 11.6. The van der Waals surface area contributed by atoms with Gasteiger partial charge in [0.05, 0.1) is 11.1 Å². The maximum Gasteiger partial charge on any atom is 0.338 e. The Morgan fingerprint density at radius 2 is 1.03 bits per heavy atom. The van der Waals surface area contributed by atoms with Crippen molar-refractivity contribution in [2.75, 3.05) is 0 Å². The number of rotatable bonds is 4. The second kappa shape index (κ2) is 8.29. The SMILES string of the molecule is CC12CCC(C)(C(OC(=O)c3ccccc3)C1OC(=O)c1ccccc1)C1c3cccc4cccc(c34)C12. The molecule has 4 aliphatic carbocycles. The Morgan fingerprint density at radius 3 is 1.45 bits per heavy atom. The van der Waals surface area contributed by atoms with Gasteiger partial charge in [-0.05, 0) is 59.0 Å². The van der Waals surface area contributed by atoms with Gasteiger partial charge in [0.25, 0.3) is 0 Å². The van der Waals surface area contributed by atoms with Gasteiger partial charge in [-0.25, -0.2) is 9.59 Å². The topological polar surface area (TPSA) is 52.6 Å². The Bertz CT molecular complexity index is 1450. The van der Waals surface area contributed by atoms with Crippen molar-refractivity contribution in [3.63, 3.8) is 0 Å². The fourth-order valence-corrected chi connectivity index (χ4v) is 7.84. The van der Waals surface area contributed by atoms with Gasteiger partial charge in [0.1, 0.15) is 12.2 Å². The van der Waals surface area contributed by atoms with Crippen LogP contribution in [0.3, 0.4) is 0 Å². The maximum absolute atomic E-state index is 13.5. The lowest BCUT2D eigenvalue weighted by Crippen LogP contribution is -2.66. The minimum Gasteiger partial charge on any atom is -0.454 e. The zero-order valence-corrected chi connectivity index (χ0v) is 21.6. The third-order valence-corrected chi connectivity index (χ3v) is 9.66. The zero-order chi connectivity index (χ0) is 26.1. The summed E-state index contributed by atoms with van der Waals surface area (Å²) in [4.78, 5) is 27.0. The number of esters is 2. The average Bonchev–Trinajstić information content (AvgIpc) is 3.31. The summed E-state index contributed by atoms with van der Waals surface area (Å²) in [5.41, 5.74) is 2.85. The Balaban J connectivity index is 1.37. The molecular formula is C34H30O4. The quantitative estimate of drug-likeness (QED) is 0.275. The third-order valence-electron chi connectivity index (χ3n) is 9.66. The molecule has 4 aliphatic rings. The van der Waals surface area contributed by atoms with Crippen molar-refractivity contribution in [3.05, 3.63) is 119 Å². The van der Waals surface area contributed by atoms with E-state index in [9.17, 15) is 9.59 Å². The van der Waals surface area contributed by atoms with Gasteiger partial charge in [-0.1, -0.05) is 86.6 Å². The molecule has 0 saturated heterocycles. The van der Waals surface area contributed by atoms with Crippen LogP contribution in [-0.2, 0) is 9.47 Å². The molecule has 3 saturated carbocycles. The number of carbonyl (C=O) groups is 2. The van der Waals surface area contributed by atoms with Crippen LogP contribution in [0.15, 0.2) is 97.1 Å². The maximum atomic E-state index is 13.5. The zero-order valence-electron chi connectivity index (χ0n) is 21.6. The predicted molar refractivity (Wildman–Crippen MR) is 146 cm³/mol. The van der Waals surface area contributed by atoms with Crippen LogP contribution in [0.1, 0.15) is 70.4 Å². The Labute approximate surface area is 222 Å². The van der Waals surface area contributed by atoms with Crippen molar-refractivity contribution in [1.29, 1.82) is 0 Å². The first-order chi connectivity index (χ1) is 18.4. The lowest BCUT2D eigenvalue weighted by molar-refractivity contribution is -0.210. The van der Waals surface area contributed by atoms with E-state index in [4.69, 9.17) is 9.47 Å². The molecule has 2 bridgehead atoms. The van der Waals surface area contributed by atoms with Crippen LogP contribution in [0.4, 0.5) is 0 Å². The average molecular weight is 503 g/mol. The van der Waals surface area contributed by atoms with Crippen LogP contribution in [0, 0.1) is 10.8 Å². The number of hydrogen-bond acceptors (Lipinski definition) is 4. The molecule has 0 heterocycles. The van der Waals surface area contributed by atoms with Crippen LogP contribution >= 0.6 is 0 Å². The molecule has 8 rings (SSSR count). The Hall–Kier alpha value is -3.92. The fraction of sp³-hybridized carbons (Fsp3) is 0.294. The van der Waals surface area contributed by atoms with Crippen LogP contribution in [0.25, 0.3) is 10.8 Å². The highest BCUT2D eigenvalue weighted by molar-refractivity contribution is 5.94. The summed E-state index contributed by atoms with van der Waals surface area (Å²) in [5, 5.41) is 2.55. The minimum absolute atomic E-state index is 0.169.